The largest absolute Gasteiger partial charge is 1.00 e. The van der Waals surface area contributed by atoms with Gasteiger partial charge in [-0.25, -0.2) is 9.13 Å². The molecule has 0 fully saturated rings. The molecule has 0 aromatic rings. The van der Waals surface area contributed by atoms with Crippen LogP contribution < -0.4 is 29.6 Å². The van der Waals surface area contributed by atoms with E-state index in [0.717, 1.165) is 0 Å². The zero-order valence-corrected chi connectivity index (χ0v) is 10.2. The summed E-state index contributed by atoms with van der Waals surface area (Å²) in [4.78, 5) is 31.0. The van der Waals surface area contributed by atoms with E-state index in [2.05, 4.69) is 4.31 Å². The van der Waals surface area contributed by atoms with Gasteiger partial charge >= 0.3 is 45.2 Å². The van der Waals surface area contributed by atoms with E-state index in [1.54, 1.807) is 0 Å². The van der Waals surface area contributed by atoms with Gasteiger partial charge in [0.05, 0.1) is 0 Å². The molecule has 0 aliphatic carbocycles. The van der Waals surface area contributed by atoms with Crippen LogP contribution in [0.4, 0.5) is 0 Å². The SMILES string of the molecule is O.O.O.O=P(O)(O)OP(=O)(O)O.[H-].[Na+]. The molecule has 0 heterocycles. The molecule has 0 aromatic carbocycles. The molecule has 0 rings (SSSR count). The molecule has 13 heteroatoms. The number of rotatable bonds is 2. The minimum Gasteiger partial charge on any atom is -1.00 e. The van der Waals surface area contributed by atoms with Crippen LogP contribution >= 0.6 is 15.6 Å². The number of hydrogen-bond acceptors (Lipinski definition) is 3. The monoisotopic (exact) mass is 256 g/mol. The fourth-order valence-electron chi connectivity index (χ4n) is 0.139. The van der Waals surface area contributed by atoms with Crippen LogP contribution in [-0.4, -0.2) is 36.0 Å². The molecule has 13 heavy (non-hydrogen) atoms. The normalized spacial score (nSPS) is 9.54. The van der Waals surface area contributed by atoms with E-state index in [1.165, 1.54) is 0 Å². The Hall–Kier alpha value is 1.14. The Morgan fingerprint density at radius 2 is 1.00 bits per heavy atom. The molecule has 0 radical (unpaired) electrons. The summed E-state index contributed by atoms with van der Waals surface area (Å²) in [7, 11) is -10.1. The third-order valence-electron chi connectivity index (χ3n) is 0.213. The van der Waals surface area contributed by atoms with Gasteiger partial charge in [-0.05, 0) is 0 Å². The van der Waals surface area contributed by atoms with E-state index in [-0.39, 0.29) is 47.4 Å². The standard InChI is InChI=1S/Na.H4O7P2.3H2O.H/c;1-8(2,3)7-9(4,5)6;;;;/h;(H2,1,2,3)(H2,4,5,6);3*1H2;/q+1;;;;;-1. The topological polar surface area (TPSA) is 219 Å². The molecule has 0 bridgehead atoms. The van der Waals surface area contributed by atoms with Gasteiger partial charge in [0.2, 0.25) is 0 Å². The molecule has 0 saturated carbocycles. The number of phosphoric acid groups is 2. The molecule has 0 spiro atoms. The molecule has 0 saturated heterocycles. The van der Waals surface area contributed by atoms with Gasteiger partial charge in [0, 0.05) is 0 Å². The third kappa shape index (κ3) is 32.0. The Kier molecular flexibility index (Phi) is 21.8. The summed E-state index contributed by atoms with van der Waals surface area (Å²) >= 11 is 0. The van der Waals surface area contributed by atoms with E-state index in [9.17, 15) is 9.13 Å². The average molecular weight is 256 g/mol. The van der Waals surface area contributed by atoms with Crippen LogP contribution in [0.25, 0.3) is 0 Å². The molecule has 10 nitrogen and oxygen atoms in total. The maximum atomic E-state index is 9.63. The summed E-state index contributed by atoms with van der Waals surface area (Å²) < 4.78 is 22.2. The summed E-state index contributed by atoms with van der Waals surface area (Å²) in [5.41, 5.74) is 0. The first-order valence-corrected chi connectivity index (χ1v) is 4.59. The fraction of sp³-hybridized carbons (Fsp3) is 0. The molecular weight excluding hydrogens is 245 g/mol. The van der Waals surface area contributed by atoms with Crippen molar-refractivity contribution in [2.45, 2.75) is 0 Å². The Morgan fingerprint density at radius 1 is 0.846 bits per heavy atom. The van der Waals surface area contributed by atoms with Crippen LogP contribution in [0.2, 0.25) is 0 Å². The smallest absolute Gasteiger partial charge is 1.00 e. The van der Waals surface area contributed by atoms with Crippen LogP contribution in [0.3, 0.4) is 0 Å². The molecule has 0 amide bonds. The van der Waals surface area contributed by atoms with E-state index in [4.69, 9.17) is 19.6 Å². The second-order valence-electron chi connectivity index (χ2n) is 1.06. The van der Waals surface area contributed by atoms with Gasteiger partial charge in [-0.1, -0.05) is 0 Å². The first kappa shape index (κ1) is 29.2. The second kappa shape index (κ2) is 9.69. The van der Waals surface area contributed by atoms with Crippen molar-refractivity contribution in [3.8, 4) is 0 Å². The van der Waals surface area contributed by atoms with Gasteiger partial charge in [0.25, 0.3) is 0 Å². The van der Waals surface area contributed by atoms with Gasteiger partial charge in [0.15, 0.2) is 0 Å². The van der Waals surface area contributed by atoms with Crippen molar-refractivity contribution in [2.24, 2.45) is 0 Å². The summed E-state index contributed by atoms with van der Waals surface area (Å²) in [6, 6.07) is 0. The summed E-state index contributed by atoms with van der Waals surface area (Å²) in [6.07, 6.45) is 0. The van der Waals surface area contributed by atoms with Crippen molar-refractivity contribution in [3.63, 3.8) is 0 Å². The van der Waals surface area contributed by atoms with E-state index in [0.29, 0.717) is 0 Å². The predicted molar refractivity (Wildman–Crippen MR) is 37.1 cm³/mol. The van der Waals surface area contributed by atoms with Gasteiger partial charge in [-0.2, -0.15) is 4.31 Å². The number of hydrogen-bond donors (Lipinski definition) is 4. The molecule has 0 aliphatic rings. The Labute approximate surface area is 96.1 Å². The second-order valence-corrected chi connectivity index (χ2v) is 3.68. The third-order valence-corrected chi connectivity index (χ3v) is 1.91. The van der Waals surface area contributed by atoms with Crippen molar-refractivity contribution in [1.82, 2.24) is 0 Å². The zero-order valence-electron chi connectivity index (χ0n) is 7.41. The maximum Gasteiger partial charge on any atom is 1.00 e. The Balaban J connectivity index is -0.0000000320. The van der Waals surface area contributed by atoms with Gasteiger partial charge in [-0.15, -0.1) is 0 Å². The summed E-state index contributed by atoms with van der Waals surface area (Å²) in [6.45, 7) is 0. The van der Waals surface area contributed by atoms with E-state index < -0.39 is 15.6 Å². The van der Waals surface area contributed by atoms with Crippen molar-refractivity contribution in [2.75, 3.05) is 0 Å². The summed E-state index contributed by atoms with van der Waals surface area (Å²) in [5.74, 6) is 0. The first-order chi connectivity index (χ1) is 3.71. The summed E-state index contributed by atoms with van der Waals surface area (Å²) in [5, 5.41) is 0. The molecular formula is H11NaO10P2. The van der Waals surface area contributed by atoms with Crippen molar-refractivity contribution < 1.29 is 80.4 Å². The first-order valence-electron chi connectivity index (χ1n) is 1.53. The Bertz CT molecular complexity index is 159. The zero-order chi connectivity index (χ0) is 7.71. The van der Waals surface area contributed by atoms with Crippen molar-refractivity contribution in [3.05, 3.63) is 0 Å². The van der Waals surface area contributed by atoms with Crippen LogP contribution in [0.15, 0.2) is 0 Å². The fourth-order valence-corrected chi connectivity index (χ4v) is 1.25. The molecule has 0 unspecified atom stereocenters. The minimum absolute atomic E-state index is 0. The van der Waals surface area contributed by atoms with E-state index >= 15 is 0 Å². The average Bonchev–Trinajstić information content (AvgIpc) is 1.14. The van der Waals surface area contributed by atoms with Gasteiger partial charge < -0.3 is 37.4 Å². The minimum atomic E-state index is -5.05. The predicted octanol–water partition coefficient (Wildman–Crippen LogP) is -6.17. The molecule has 82 valence electrons. The quantitative estimate of drug-likeness (QED) is 0.276. The molecule has 0 aromatic heterocycles. The Morgan fingerprint density at radius 3 is 1.00 bits per heavy atom. The van der Waals surface area contributed by atoms with Crippen LogP contribution in [-0.2, 0) is 13.4 Å². The maximum absolute atomic E-state index is 9.63. The van der Waals surface area contributed by atoms with Gasteiger partial charge in [0.1, 0.15) is 0 Å². The van der Waals surface area contributed by atoms with Crippen LogP contribution in [0.5, 0.6) is 0 Å². The van der Waals surface area contributed by atoms with Crippen LogP contribution in [0.1, 0.15) is 1.43 Å². The molecule has 0 atom stereocenters. The van der Waals surface area contributed by atoms with E-state index in [1.807, 2.05) is 0 Å². The van der Waals surface area contributed by atoms with Crippen molar-refractivity contribution in [1.29, 1.82) is 0 Å². The van der Waals surface area contributed by atoms with Gasteiger partial charge in [-0.3, -0.25) is 0 Å². The molecule has 0 aliphatic heterocycles. The van der Waals surface area contributed by atoms with Crippen LogP contribution in [0, 0.1) is 0 Å². The van der Waals surface area contributed by atoms with Crippen molar-refractivity contribution >= 4 is 15.6 Å². The molecule has 10 N–H and O–H groups in total.